The van der Waals surface area contributed by atoms with Crippen LogP contribution in [-0.2, 0) is 6.54 Å². The third kappa shape index (κ3) is 1.49. The minimum absolute atomic E-state index is 0.809. The smallest absolute Gasteiger partial charge is 0.178 e. The Morgan fingerprint density at radius 2 is 2.47 bits per heavy atom. The average molecular weight is 219 g/mol. The van der Waals surface area contributed by atoms with Crippen molar-refractivity contribution in [3.63, 3.8) is 0 Å². The maximum absolute atomic E-state index is 5.32. The predicted molar refractivity (Wildman–Crippen MR) is 62.2 cm³/mol. The Bertz CT molecular complexity index is 554. The van der Waals surface area contributed by atoms with E-state index in [1.807, 2.05) is 18.5 Å². The zero-order valence-corrected chi connectivity index (χ0v) is 9.42. The molecule has 1 N–H and O–H groups in total. The van der Waals surface area contributed by atoms with Crippen molar-refractivity contribution >= 4 is 23.3 Å². The van der Waals surface area contributed by atoms with Gasteiger partial charge in [-0.3, -0.25) is 4.98 Å². The fourth-order valence-corrected chi connectivity index (χ4v) is 2.36. The summed E-state index contributed by atoms with van der Waals surface area (Å²) in [4.78, 5) is 7.28. The molecule has 0 aromatic carbocycles. The second-order valence-corrected chi connectivity index (χ2v) is 4.79. The molecule has 0 bridgehead atoms. The van der Waals surface area contributed by atoms with E-state index in [4.69, 9.17) is 12.2 Å². The molecule has 1 aliphatic carbocycles. The summed E-state index contributed by atoms with van der Waals surface area (Å²) in [6.45, 7) is 3.34. The number of pyridine rings is 1. The van der Waals surface area contributed by atoms with Crippen LogP contribution in [-0.4, -0.2) is 14.5 Å². The normalized spacial score (nSPS) is 24.6. The molecule has 0 aliphatic heterocycles. The minimum Gasteiger partial charge on any atom is -0.329 e. The Morgan fingerprint density at radius 3 is 3.20 bits per heavy atom. The number of imidazole rings is 1. The molecule has 0 saturated heterocycles. The highest BCUT2D eigenvalue weighted by atomic mass is 32.1. The first kappa shape index (κ1) is 9.09. The van der Waals surface area contributed by atoms with E-state index in [-0.39, 0.29) is 0 Å². The highest BCUT2D eigenvalue weighted by Gasteiger charge is 2.33. The molecule has 4 heteroatoms. The molecule has 0 amide bonds. The van der Waals surface area contributed by atoms with Gasteiger partial charge in [-0.15, -0.1) is 0 Å². The first-order chi connectivity index (χ1) is 7.25. The first-order valence-corrected chi connectivity index (χ1v) is 5.69. The van der Waals surface area contributed by atoms with Crippen LogP contribution in [0.2, 0.25) is 0 Å². The summed E-state index contributed by atoms with van der Waals surface area (Å²) in [6.07, 6.45) is 4.98. The molecule has 0 spiro atoms. The minimum atomic E-state index is 0.809. The molecule has 2 atom stereocenters. The molecule has 3 rings (SSSR count). The zero-order valence-electron chi connectivity index (χ0n) is 8.60. The fraction of sp³-hybridized carbons (Fsp3) is 0.455. The molecule has 2 heterocycles. The van der Waals surface area contributed by atoms with E-state index in [9.17, 15) is 0 Å². The van der Waals surface area contributed by atoms with E-state index < -0.39 is 0 Å². The summed E-state index contributed by atoms with van der Waals surface area (Å²) in [5.41, 5.74) is 2.21. The summed E-state index contributed by atoms with van der Waals surface area (Å²) >= 11 is 5.32. The third-order valence-corrected chi connectivity index (χ3v) is 3.59. The molecule has 3 nitrogen and oxygen atoms in total. The zero-order chi connectivity index (χ0) is 10.4. The van der Waals surface area contributed by atoms with E-state index in [0.29, 0.717) is 0 Å². The number of hydrogen-bond acceptors (Lipinski definition) is 2. The van der Waals surface area contributed by atoms with Crippen LogP contribution in [0.25, 0.3) is 11.0 Å². The predicted octanol–water partition coefficient (Wildman–Crippen LogP) is 2.75. The van der Waals surface area contributed by atoms with Crippen LogP contribution in [0.4, 0.5) is 0 Å². The van der Waals surface area contributed by atoms with Crippen LogP contribution in [0.3, 0.4) is 0 Å². The highest BCUT2D eigenvalue weighted by molar-refractivity contribution is 7.71. The molecular formula is C11H13N3S. The monoisotopic (exact) mass is 219 g/mol. The first-order valence-electron chi connectivity index (χ1n) is 5.28. The topological polar surface area (TPSA) is 33.6 Å². The van der Waals surface area contributed by atoms with Crippen molar-refractivity contribution in [2.45, 2.75) is 19.9 Å². The molecule has 0 radical (unpaired) electrons. The van der Waals surface area contributed by atoms with E-state index in [2.05, 4.69) is 21.5 Å². The Morgan fingerprint density at radius 1 is 1.67 bits per heavy atom. The van der Waals surface area contributed by atoms with E-state index >= 15 is 0 Å². The van der Waals surface area contributed by atoms with Crippen molar-refractivity contribution in [1.82, 2.24) is 14.5 Å². The Balaban J connectivity index is 2.08. The molecular weight excluding hydrogens is 206 g/mol. The van der Waals surface area contributed by atoms with Crippen LogP contribution in [0.5, 0.6) is 0 Å². The molecule has 15 heavy (non-hydrogen) atoms. The number of hydrogen-bond donors (Lipinski definition) is 1. The Kier molecular flexibility index (Phi) is 1.92. The molecule has 2 unspecified atom stereocenters. The van der Waals surface area contributed by atoms with Gasteiger partial charge < -0.3 is 9.55 Å². The maximum Gasteiger partial charge on any atom is 0.178 e. The molecule has 2 aromatic rings. The van der Waals surface area contributed by atoms with Gasteiger partial charge in [0.25, 0.3) is 0 Å². The van der Waals surface area contributed by atoms with E-state index in [1.165, 1.54) is 11.9 Å². The number of aromatic amines is 1. The van der Waals surface area contributed by atoms with Crippen LogP contribution in [0.1, 0.15) is 13.3 Å². The van der Waals surface area contributed by atoms with Crippen molar-refractivity contribution in [2.75, 3.05) is 0 Å². The van der Waals surface area contributed by atoms with Crippen LogP contribution in [0.15, 0.2) is 18.5 Å². The van der Waals surface area contributed by atoms with Crippen molar-refractivity contribution in [1.29, 1.82) is 0 Å². The lowest BCUT2D eigenvalue weighted by Gasteiger charge is -2.02. The van der Waals surface area contributed by atoms with Crippen molar-refractivity contribution in [3.8, 4) is 0 Å². The van der Waals surface area contributed by atoms with Crippen molar-refractivity contribution < 1.29 is 0 Å². The number of nitrogens with one attached hydrogen (secondary N) is 1. The second-order valence-electron chi connectivity index (χ2n) is 4.41. The van der Waals surface area contributed by atoms with Crippen LogP contribution < -0.4 is 0 Å². The standard InChI is InChI=1S/C11H13N3S/c1-7-4-8(7)6-14-10-2-3-12-5-9(10)13-11(14)15/h2-3,5,7-8H,4,6H2,1H3,(H,13,15). The lowest BCUT2D eigenvalue weighted by Crippen LogP contribution is -2.00. The lowest BCUT2D eigenvalue weighted by molar-refractivity contribution is 0.600. The number of H-pyrrole nitrogens is 1. The summed E-state index contributed by atoms with van der Waals surface area (Å²) in [5.74, 6) is 1.67. The van der Waals surface area contributed by atoms with Crippen LogP contribution >= 0.6 is 12.2 Å². The van der Waals surface area contributed by atoms with Gasteiger partial charge in [0.05, 0.1) is 17.2 Å². The molecule has 1 fully saturated rings. The lowest BCUT2D eigenvalue weighted by atomic mass is 10.3. The van der Waals surface area contributed by atoms with Crippen LogP contribution in [0, 0.1) is 16.6 Å². The SMILES string of the molecule is CC1CC1Cn1c(=S)[nH]c2cnccc21. The quantitative estimate of drug-likeness (QED) is 0.788. The molecule has 1 aliphatic rings. The van der Waals surface area contributed by atoms with Gasteiger partial charge in [0.1, 0.15) is 0 Å². The average Bonchev–Trinajstić information content (AvgIpc) is 2.82. The summed E-state index contributed by atoms with van der Waals surface area (Å²) in [6, 6.07) is 2.02. The largest absolute Gasteiger partial charge is 0.329 e. The van der Waals surface area contributed by atoms with Gasteiger partial charge in [-0.1, -0.05) is 6.92 Å². The summed E-state index contributed by atoms with van der Waals surface area (Å²) in [7, 11) is 0. The number of nitrogens with zero attached hydrogens (tertiary/aromatic N) is 2. The van der Waals surface area contributed by atoms with Gasteiger partial charge in [-0.05, 0) is 36.5 Å². The molecule has 2 aromatic heterocycles. The van der Waals surface area contributed by atoms with Gasteiger partial charge in [0.15, 0.2) is 4.77 Å². The Labute approximate surface area is 93.1 Å². The summed E-state index contributed by atoms with van der Waals surface area (Å²) in [5, 5.41) is 0. The van der Waals surface area contributed by atoms with Gasteiger partial charge in [0, 0.05) is 12.7 Å². The van der Waals surface area contributed by atoms with E-state index in [0.717, 1.165) is 28.7 Å². The van der Waals surface area contributed by atoms with Crippen molar-refractivity contribution in [2.24, 2.45) is 11.8 Å². The van der Waals surface area contributed by atoms with Gasteiger partial charge in [0.2, 0.25) is 0 Å². The summed E-state index contributed by atoms with van der Waals surface area (Å²) < 4.78 is 3.01. The number of rotatable bonds is 2. The molecule has 78 valence electrons. The van der Waals surface area contributed by atoms with Crippen molar-refractivity contribution in [3.05, 3.63) is 23.2 Å². The Hall–Kier alpha value is -1.16. The van der Waals surface area contributed by atoms with Gasteiger partial charge in [-0.2, -0.15) is 0 Å². The highest BCUT2D eigenvalue weighted by Crippen LogP contribution is 2.39. The van der Waals surface area contributed by atoms with Gasteiger partial charge >= 0.3 is 0 Å². The third-order valence-electron chi connectivity index (χ3n) is 3.27. The fourth-order valence-electron chi connectivity index (χ4n) is 2.08. The van der Waals surface area contributed by atoms with Gasteiger partial charge in [-0.25, -0.2) is 0 Å². The maximum atomic E-state index is 5.32. The number of fused-ring (bicyclic) bond motifs is 1. The second kappa shape index (κ2) is 3.17. The number of aromatic nitrogens is 3. The molecule has 1 saturated carbocycles. The van der Waals surface area contributed by atoms with E-state index in [1.54, 1.807) is 0 Å².